The van der Waals surface area contributed by atoms with Gasteiger partial charge in [-0.05, 0) is 23.6 Å². The van der Waals surface area contributed by atoms with Crippen LogP contribution < -0.4 is 0 Å². The molecule has 3 nitrogen and oxygen atoms in total. The van der Waals surface area contributed by atoms with Gasteiger partial charge < -0.3 is 9.47 Å². The Labute approximate surface area is 131 Å². The molecule has 0 fully saturated rings. The monoisotopic (exact) mass is 296 g/mol. The molecule has 0 saturated heterocycles. The molecule has 0 N–H and O–H groups in total. The van der Waals surface area contributed by atoms with Crippen LogP contribution in [-0.4, -0.2) is 19.7 Å². The van der Waals surface area contributed by atoms with Gasteiger partial charge >= 0.3 is 5.97 Å². The van der Waals surface area contributed by atoms with Gasteiger partial charge in [-0.25, -0.2) is 4.79 Å². The van der Waals surface area contributed by atoms with E-state index in [1.54, 1.807) is 14.0 Å². The second-order valence-corrected chi connectivity index (χ2v) is 5.06. The van der Waals surface area contributed by atoms with E-state index in [0.29, 0.717) is 5.57 Å². The molecule has 3 heteroatoms. The van der Waals surface area contributed by atoms with Crippen LogP contribution in [-0.2, 0) is 14.3 Å². The summed E-state index contributed by atoms with van der Waals surface area (Å²) >= 11 is 0. The number of methoxy groups -OCH3 is 1. The van der Waals surface area contributed by atoms with E-state index in [1.807, 2.05) is 54.6 Å². The van der Waals surface area contributed by atoms with Crippen molar-refractivity contribution in [2.24, 2.45) is 0 Å². The first-order chi connectivity index (χ1) is 10.6. The molecule has 1 unspecified atom stereocenters. The molecule has 0 aliphatic heterocycles. The highest BCUT2D eigenvalue weighted by Gasteiger charge is 2.17. The van der Waals surface area contributed by atoms with Crippen LogP contribution in [0.2, 0.25) is 0 Å². The van der Waals surface area contributed by atoms with Gasteiger partial charge in [0.25, 0.3) is 0 Å². The summed E-state index contributed by atoms with van der Waals surface area (Å²) in [5.41, 5.74) is 3.55. The zero-order chi connectivity index (χ0) is 15.9. The highest BCUT2D eigenvalue weighted by Crippen LogP contribution is 2.30. The number of carbonyl (C=O) groups is 1. The van der Waals surface area contributed by atoms with Crippen LogP contribution in [0, 0.1) is 0 Å². The summed E-state index contributed by atoms with van der Waals surface area (Å²) in [5, 5.41) is 0. The lowest BCUT2D eigenvalue weighted by Gasteiger charge is -2.19. The average Bonchev–Trinajstić information content (AvgIpc) is 2.56. The predicted molar refractivity (Wildman–Crippen MR) is 87.4 cm³/mol. The Morgan fingerprint density at radius 2 is 1.73 bits per heavy atom. The van der Waals surface area contributed by atoms with Gasteiger partial charge in [0.2, 0.25) is 0 Å². The maximum Gasteiger partial charge on any atom is 0.333 e. The fraction of sp³-hybridized carbons (Fsp3) is 0.211. The van der Waals surface area contributed by atoms with E-state index in [2.05, 4.69) is 6.58 Å². The normalized spacial score (nSPS) is 11.7. The number of carbonyl (C=O) groups excluding carboxylic acids is 1. The highest BCUT2D eigenvalue weighted by atomic mass is 16.6. The van der Waals surface area contributed by atoms with E-state index in [9.17, 15) is 4.79 Å². The largest absolute Gasteiger partial charge is 0.459 e. The summed E-state index contributed by atoms with van der Waals surface area (Å²) in [6.07, 6.45) is -0.320. The summed E-state index contributed by atoms with van der Waals surface area (Å²) < 4.78 is 10.8. The predicted octanol–water partition coefficient (Wildman–Crippen LogP) is 4.16. The van der Waals surface area contributed by atoms with Crippen molar-refractivity contribution in [1.82, 2.24) is 0 Å². The van der Waals surface area contributed by atoms with Gasteiger partial charge in [-0.15, -0.1) is 0 Å². The maximum absolute atomic E-state index is 11.6. The molecule has 114 valence electrons. The minimum atomic E-state index is -0.403. The molecule has 0 radical (unpaired) electrons. The van der Waals surface area contributed by atoms with E-state index in [0.717, 1.165) is 16.7 Å². The molecule has 0 spiro atoms. The molecule has 0 saturated carbocycles. The van der Waals surface area contributed by atoms with E-state index in [1.165, 1.54) is 0 Å². The van der Waals surface area contributed by atoms with Crippen LogP contribution in [0.4, 0.5) is 0 Å². The van der Waals surface area contributed by atoms with Crippen LogP contribution >= 0.6 is 0 Å². The molecule has 1 atom stereocenters. The molecule has 22 heavy (non-hydrogen) atoms. The number of benzene rings is 2. The molecule has 0 aliphatic carbocycles. The van der Waals surface area contributed by atoms with Crippen LogP contribution in [0.3, 0.4) is 0 Å². The molecular formula is C19H20O3. The molecule has 0 bridgehead atoms. The van der Waals surface area contributed by atoms with Crippen LogP contribution in [0.15, 0.2) is 66.7 Å². The first-order valence-electron chi connectivity index (χ1n) is 7.13. The maximum atomic E-state index is 11.6. The zero-order valence-corrected chi connectivity index (χ0v) is 12.9. The summed E-state index contributed by atoms with van der Waals surface area (Å²) in [5.74, 6) is -0.403. The van der Waals surface area contributed by atoms with E-state index in [4.69, 9.17) is 9.47 Å². The van der Waals surface area contributed by atoms with Crippen molar-refractivity contribution < 1.29 is 14.3 Å². The molecule has 0 heterocycles. The van der Waals surface area contributed by atoms with Crippen LogP contribution in [0.25, 0.3) is 11.1 Å². The lowest BCUT2D eigenvalue weighted by molar-refractivity contribution is -0.142. The molecule has 0 aromatic heterocycles. The summed E-state index contributed by atoms with van der Waals surface area (Å²) in [4.78, 5) is 11.6. The van der Waals surface area contributed by atoms with Gasteiger partial charge in [-0.1, -0.05) is 61.2 Å². The summed E-state index contributed by atoms with van der Waals surface area (Å²) in [6, 6.07) is 18.0. The molecule has 2 aromatic carbocycles. The number of ether oxygens (including phenoxy) is 2. The Balaban J connectivity index is 2.26. The van der Waals surface area contributed by atoms with Crippen molar-refractivity contribution in [3.05, 3.63) is 72.3 Å². The highest BCUT2D eigenvalue weighted by molar-refractivity contribution is 5.86. The Hall–Kier alpha value is -2.39. The number of esters is 1. The second kappa shape index (κ2) is 7.57. The molecule has 2 aromatic rings. The van der Waals surface area contributed by atoms with Crippen molar-refractivity contribution in [1.29, 1.82) is 0 Å². The molecule has 2 rings (SSSR count). The third-order valence-electron chi connectivity index (χ3n) is 3.39. The standard InChI is InChI=1S/C19H20O3/c1-14(2)19(20)22-13-18(21-3)17-12-8-7-11-16(17)15-9-5-4-6-10-15/h4-12,18H,1,13H2,2-3H3. The molecule has 0 aliphatic rings. The quantitative estimate of drug-likeness (QED) is 0.593. The fourth-order valence-electron chi connectivity index (χ4n) is 2.22. The van der Waals surface area contributed by atoms with E-state index >= 15 is 0 Å². The fourth-order valence-corrected chi connectivity index (χ4v) is 2.22. The van der Waals surface area contributed by atoms with Crippen molar-refractivity contribution in [2.45, 2.75) is 13.0 Å². The van der Waals surface area contributed by atoms with Gasteiger partial charge in [0, 0.05) is 12.7 Å². The number of hydrogen-bond acceptors (Lipinski definition) is 3. The third kappa shape index (κ3) is 3.83. The first kappa shape index (κ1) is 16.0. The molecule has 0 amide bonds. The average molecular weight is 296 g/mol. The van der Waals surface area contributed by atoms with Gasteiger partial charge in [0.15, 0.2) is 0 Å². The van der Waals surface area contributed by atoms with Crippen molar-refractivity contribution in [3.63, 3.8) is 0 Å². The second-order valence-electron chi connectivity index (χ2n) is 5.06. The van der Waals surface area contributed by atoms with Crippen molar-refractivity contribution in [3.8, 4) is 11.1 Å². The van der Waals surface area contributed by atoms with Crippen molar-refractivity contribution >= 4 is 5.97 Å². The summed E-state index contributed by atoms with van der Waals surface area (Å²) in [6.45, 7) is 5.37. The minimum absolute atomic E-state index is 0.159. The third-order valence-corrected chi connectivity index (χ3v) is 3.39. The van der Waals surface area contributed by atoms with E-state index < -0.39 is 5.97 Å². The lowest BCUT2D eigenvalue weighted by atomic mass is 9.96. The van der Waals surface area contributed by atoms with Crippen LogP contribution in [0.5, 0.6) is 0 Å². The number of rotatable bonds is 6. The lowest BCUT2D eigenvalue weighted by Crippen LogP contribution is -2.15. The van der Waals surface area contributed by atoms with E-state index in [-0.39, 0.29) is 12.7 Å². The topological polar surface area (TPSA) is 35.5 Å². The van der Waals surface area contributed by atoms with Crippen molar-refractivity contribution in [2.75, 3.05) is 13.7 Å². The van der Waals surface area contributed by atoms with Crippen LogP contribution in [0.1, 0.15) is 18.6 Å². The zero-order valence-electron chi connectivity index (χ0n) is 12.9. The Kier molecular flexibility index (Phi) is 5.50. The first-order valence-corrected chi connectivity index (χ1v) is 7.13. The molecular weight excluding hydrogens is 276 g/mol. The Morgan fingerprint density at radius 1 is 1.09 bits per heavy atom. The van der Waals surface area contributed by atoms with Gasteiger partial charge in [-0.3, -0.25) is 0 Å². The Bertz CT molecular complexity index is 647. The Morgan fingerprint density at radius 3 is 2.36 bits per heavy atom. The van der Waals surface area contributed by atoms with Gasteiger partial charge in [0.1, 0.15) is 12.7 Å². The minimum Gasteiger partial charge on any atom is -0.459 e. The van der Waals surface area contributed by atoms with Gasteiger partial charge in [-0.2, -0.15) is 0 Å². The smallest absolute Gasteiger partial charge is 0.333 e. The number of hydrogen-bond donors (Lipinski definition) is 0. The SMILES string of the molecule is C=C(C)C(=O)OCC(OC)c1ccccc1-c1ccccc1. The van der Waals surface area contributed by atoms with Gasteiger partial charge in [0.05, 0.1) is 0 Å². The summed E-state index contributed by atoms with van der Waals surface area (Å²) in [7, 11) is 1.61.